The number of hydrogen-bond donors (Lipinski definition) is 0. The minimum absolute atomic E-state index is 0. The number of ether oxygens (including phenoxy) is 2. The first kappa shape index (κ1) is 37.8. The Kier molecular flexibility index (Phi) is 28.1. The van der Waals surface area contributed by atoms with Crippen molar-refractivity contribution in [1.82, 2.24) is 19.6 Å². The zero-order valence-corrected chi connectivity index (χ0v) is 15.6. The molecule has 0 amide bonds. The van der Waals surface area contributed by atoms with Crippen LogP contribution in [-0.2, 0) is 33.3 Å². The Bertz CT molecular complexity index is 720. The number of alkyl halides is 4. The Morgan fingerprint density at radius 3 is 1.60 bits per heavy atom. The summed E-state index contributed by atoms with van der Waals surface area (Å²) in [5, 5.41) is 7.45. The number of rotatable bonds is 4. The van der Waals surface area contributed by atoms with E-state index in [4.69, 9.17) is 19.2 Å². The zero-order chi connectivity index (χ0) is 21.4. The first-order valence-electron chi connectivity index (χ1n) is 6.49. The van der Waals surface area contributed by atoms with Crippen molar-refractivity contribution in [3.05, 3.63) is 24.0 Å². The molecule has 0 fully saturated rings. The molecule has 2 aromatic rings. The molecule has 2 aromatic heterocycles. The van der Waals surface area contributed by atoms with Gasteiger partial charge in [-0.1, -0.05) is 7.43 Å². The topological polar surface area (TPSA) is 152 Å². The van der Waals surface area contributed by atoms with Crippen LogP contribution in [-0.4, -0.2) is 50.6 Å². The van der Waals surface area contributed by atoms with Crippen LogP contribution in [0.1, 0.15) is 13.1 Å². The predicted octanol–water partition coefficient (Wildman–Crippen LogP) is -1.35. The average molecular weight is 438 g/mol. The van der Waals surface area contributed by atoms with Crippen molar-refractivity contribution in [3.8, 4) is 11.8 Å². The summed E-state index contributed by atoms with van der Waals surface area (Å²) in [6, 6.07) is 2.82. The molecule has 16 heteroatoms. The van der Waals surface area contributed by atoms with Crippen LogP contribution >= 0.6 is 0 Å². The van der Waals surface area contributed by atoms with Gasteiger partial charge in [0.1, 0.15) is 0 Å². The predicted molar refractivity (Wildman–Crippen MR) is 83.1 cm³/mol. The third-order valence-corrected chi connectivity index (χ3v) is 2.15. The van der Waals surface area contributed by atoms with Gasteiger partial charge < -0.3 is 14.9 Å². The van der Waals surface area contributed by atoms with E-state index in [-0.39, 0.29) is 55.8 Å². The summed E-state index contributed by atoms with van der Waals surface area (Å²) in [5.74, 6) is 0.146. The van der Waals surface area contributed by atoms with Crippen molar-refractivity contribution in [3.63, 3.8) is 0 Å². The Labute approximate surface area is 180 Å². The molecule has 0 aliphatic rings. The van der Waals surface area contributed by atoms with Gasteiger partial charge in [0, 0.05) is 26.2 Å². The molecule has 0 aliphatic carbocycles. The summed E-state index contributed by atoms with van der Waals surface area (Å²) < 4.78 is 57.0. The van der Waals surface area contributed by atoms with Gasteiger partial charge in [-0.15, -0.1) is 0 Å². The molecule has 30 heavy (non-hydrogen) atoms. The summed E-state index contributed by atoms with van der Waals surface area (Å²) in [4.78, 5) is 32.5. The molecule has 0 atom stereocenters. The fourth-order valence-corrected chi connectivity index (χ4v) is 1.36. The molecule has 0 saturated carbocycles. The Morgan fingerprint density at radius 1 is 0.933 bits per heavy atom. The van der Waals surface area contributed by atoms with Crippen LogP contribution in [0.15, 0.2) is 18.3 Å². The first-order valence-corrected chi connectivity index (χ1v) is 6.49. The fraction of sp³-hybridized carbons (Fsp3) is 0.429. The molecular formula is C14H19F4LiN4O7. The third kappa shape index (κ3) is 19.8. The van der Waals surface area contributed by atoms with E-state index < -0.39 is 13.2 Å². The van der Waals surface area contributed by atoms with Crippen LogP contribution < -0.4 is 28.3 Å². The summed E-state index contributed by atoms with van der Waals surface area (Å²) >= 11 is 0. The Morgan fingerprint density at radius 2 is 1.33 bits per heavy atom. The maximum atomic E-state index is 11.6. The molecule has 0 spiro atoms. The standard InChI is InChI=1S/C6H8F2N2O.C5H6F2N2O.2CO2.CH4.Li.H2O/c1-4-3-5(10(2)9-4)11-6(7)8;1-9-4(2-3-8-9)10-5(6)7;2*2-1-3;;;/h3,6H,1-2H3;2-3,5H,1H3;;;1H4;;1H2/q;;;;;+1;/p-1. The van der Waals surface area contributed by atoms with Crippen LogP contribution in [0, 0.1) is 6.92 Å². The largest absolute Gasteiger partial charge is 1.00 e. The van der Waals surface area contributed by atoms with Gasteiger partial charge in [0.15, 0.2) is 0 Å². The monoisotopic (exact) mass is 438 g/mol. The van der Waals surface area contributed by atoms with E-state index in [1.54, 1.807) is 14.0 Å². The van der Waals surface area contributed by atoms with Gasteiger partial charge >= 0.3 is 44.4 Å². The SMILES string of the molecule is C.Cc1cc(OC(F)F)n(C)n1.Cn1nccc1OC(F)F.O=C=O.O=C=O.[Li+].[OH-]. The summed E-state index contributed by atoms with van der Waals surface area (Å²) in [5.41, 5.74) is 0.656. The van der Waals surface area contributed by atoms with Crippen LogP contribution in [0.25, 0.3) is 0 Å². The first-order chi connectivity index (χ1) is 12.6. The van der Waals surface area contributed by atoms with Gasteiger partial charge in [0.05, 0.1) is 11.9 Å². The van der Waals surface area contributed by atoms with E-state index in [1.807, 2.05) is 0 Å². The number of aromatic nitrogens is 4. The van der Waals surface area contributed by atoms with E-state index in [0.29, 0.717) is 5.69 Å². The molecule has 0 radical (unpaired) electrons. The minimum Gasteiger partial charge on any atom is -0.870 e. The average Bonchev–Trinajstić information content (AvgIpc) is 3.06. The second kappa shape index (κ2) is 22.3. The van der Waals surface area contributed by atoms with E-state index >= 15 is 0 Å². The van der Waals surface area contributed by atoms with Crippen molar-refractivity contribution in [2.24, 2.45) is 14.1 Å². The number of halogens is 4. The van der Waals surface area contributed by atoms with Gasteiger partial charge in [-0.2, -0.15) is 46.9 Å². The number of nitrogens with zero attached hydrogens (tertiary/aromatic N) is 4. The van der Waals surface area contributed by atoms with Gasteiger partial charge in [0.25, 0.3) is 0 Å². The van der Waals surface area contributed by atoms with Crippen molar-refractivity contribution in [1.29, 1.82) is 0 Å². The Hall–Kier alpha value is -2.94. The number of carbonyl (C=O) groups excluding carboxylic acids is 4. The van der Waals surface area contributed by atoms with Crippen LogP contribution in [0.3, 0.4) is 0 Å². The van der Waals surface area contributed by atoms with Gasteiger partial charge in [-0.25, -0.2) is 9.36 Å². The molecule has 0 aromatic carbocycles. The normalized spacial score (nSPS) is 7.90. The van der Waals surface area contributed by atoms with Gasteiger partial charge in [0.2, 0.25) is 11.8 Å². The van der Waals surface area contributed by atoms with Crippen molar-refractivity contribution < 1.29 is 70.6 Å². The minimum atomic E-state index is -2.79. The molecule has 0 saturated heterocycles. The maximum absolute atomic E-state index is 11.6. The summed E-state index contributed by atoms with van der Waals surface area (Å²) in [7, 11) is 3.07. The van der Waals surface area contributed by atoms with Gasteiger partial charge in [-0.3, -0.25) is 0 Å². The van der Waals surface area contributed by atoms with Crippen molar-refractivity contribution >= 4 is 12.3 Å². The second-order valence-corrected chi connectivity index (χ2v) is 3.96. The summed E-state index contributed by atoms with van der Waals surface area (Å²) in [6.45, 7) is -3.86. The maximum Gasteiger partial charge on any atom is 1.00 e. The molecule has 2 heterocycles. The molecular weight excluding hydrogens is 419 g/mol. The zero-order valence-electron chi connectivity index (χ0n) is 15.6. The smallest absolute Gasteiger partial charge is 0.870 e. The number of aryl methyl sites for hydroxylation is 3. The van der Waals surface area contributed by atoms with E-state index in [2.05, 4.69) is 19.7 Å². The molecule has 0 aliphatic heterocycles. The van der Waals surface area contributed by atoms with E-state index in [0.717, 1.165) is 0 Å². The van der Waals surface area contributed by atoms with Crippen LogP contribution in [0.2, 0.25) is 0 Å². The van der Waals surface area contributed by atoms with E-state index in [9.17, 15) is 17.6 Å². The number of hydrogen-bond acceptors (Lipinski definition) is 9. The van der Waals surface area contributed by atoms with E-state index in [1.165, 1.54) is 34.7 Å². The van der Waals surface area contributed by atoms with Crippen LogP contribution in [0.5, 0.6) is 11.8 Å². The molecule has 11 nitrogen and oxygen atoms in total. The molecule has 1 N–H and O–H groups in total. The van der Waals surface area contributed by atoms with Crippen molar-refractivity contribution in [2.75, 3.05) is 0 Å². The Balaban J connectivity index is -0.000000102. The second-order valence-electron chi connectivity index (χ2n) is 3.96. The molecule has 0 bridgehead atoms. The fourth-order valence-electron chi connectivity index (χ4n) is 1.36. The van der Waals surface area contributed by atoms with Crippen molar-refractivity contribution in [2.45, 2.75) is 27.6 Å². The molecule has 0 unspecified atom stereocenters. The molecule has 166 valence electrons. The third-order valence-electron chi connectivity index (χ3n) is 2.15. The van der Waals surface area contributed by atoms with Gasteiger partial charge in [-0.05, 0) is 6.92 Å². The van der Waals surface area contributed by atoms with Crippen LogP contribution in [0.4, 0.5) is 17.6 Å². The summed E-state index contributed by atoms with van der Waals surface area (Å²) in [6.07, 6.45) is 1.89. The quantitative estimate of drug-likeness (QED) is 0.416. The molecule has 2 rings (SSSR count).